The number of aromatic nitrogens is 3. The van der Waals surface area contributed by atoms with E-state index in [0.717, 1.165) is 33.8 Å². The smallest absolute Gasteiger partial charge is 0.272 e. The molecule has 6 nitrogen and oxygen atoms in total. The average molecular weight is 398 g/mol. The standard InChI is InChI=1S/C20H19FN4O2S/c1-12-17(13-6-3-4-7-14(13)21)22-19(28-12)20(10-5-11-20)23-18(27)15-8-9-16(26)25(2)24-15/h3-4,6-9H,5,10-11H2,1-2H3,(H,23,27). The molecule has 144 valence electrons. The van der Waals surface area contributed by atoms with Crippen molar-refractivity contribution in [1.82, 2.24) is 20.1 Å². The topological polar surface area (TPSA) is 76.9 Å². The van der Waals surface area contributed by atoms with Gasteiger partial charge in [-0.25, -0.2) is 14.1 Å². The molecule has 0 aliphatic heterocycles. The van der Waals surface area contributed by atoms with Crippen LogP contribution >= 0.6 is 11.3 Å². The molecule has 0 bridgehead atoms. The number of nitrogens with one attached hydrogen (secondary N) is 1. The fraction of sp³-hybridized carbons (Fsp3) is 0.300. The molecule has 1 N–H and O–H groups in total. The number of benzene rings is 1. The van der Waals surface area contributed by atoms with Crippen molar-refractivity contribution < 1.29 is 9.18 Å². The number of hydrogen-bond acceptors (Lipinski definition) is 5. The highest BCUT2D eigenvalue weighted by Crippen LogP contribution is 2.45. The van der Waals surface area contributed by atoms with Crippen LogP contribution in [0.4, 0.5) is 4.39 Å². The van der Waals surface area contributed by atoms with Crippen LogP contribution in [0.5, 0.6) is 0 Å². The number of nitrogens with zero attached hydrogens (tertiary/aromatic N) is 3. The van der Waals surface area contributed by atoms with Crippen LogP contribution in [0.2, 0.25) is 0 Å². The molecule has 1 aliphatic rings. The van der Waals surface area contributed by atoms with Crippen molar-refractivity contribution in [2.24, 2.45) is 7.05 Å². The largest absolute Gasteiger partial charge is 0.339 e. The van der Waals surface area contributed by atoms with Gasteiger partial charge in [-0.2, -0.15) is 5.10 Å². The lowest BCUT2D eigenvalue weighted by Gasteiger charge is -2.40. The molecule has 0 unspecified atom stereocenters. The van der Waals surface area contributed by atoms with Crippen molar-refractivity contribution in [2.45, 2.75) is 31.7 Å². The SMILES string of the molecule is Cc1sc(C2(NC(=O)c3ccc(=O)n(C)n3)CCC2)nc1-c1ccccc1F. The van der Waals surface area contributed by atoms with Gasteiger partial charge in [0.1, 0.15) is 16.5 Å². The molecule has 2 aromatic heterocycles. The average Bonchev–Trinajstić information content (AvgIpc) is 3.02. The lowest BCUT2D eigenvalue weighted by Crippen LogP contribution is -2.51. The second-order valence-corrected chi connectivity index (χ2v) is 8.18. The summed E-state index contributed by atoms with van der Waals surface area (Å²) in [6, 6.07) is 9.29. The van der Waals surface area contributed by atoms with Crippen molar-refractivity contribution in [3.8, 4) is 11.3 Å². The van der Waals surface area contributed by atoms with Crippen LogP contribution in [-0.2, 0) is 12.6 Å². The number of carbonyl (C=O) groups is 1. The lowest BCUT2D eigenvalue weighted by molar-refractivity contribution is 0.0815. The molecule has 1 aromatic carbocycles. The highest BCUT2D eigenvalue weighted by Gasteiger charge is 2.43. The zero-order valence-corrected chi connectivity index (χ0v) is 16.3. The van der Waals surface area contributed by atoms with Crippen LogP contribution in [-0.4, -0.2) is 20.7 Å². The Hall–Kier alpha value is -2.87. The van der Waals surface area contributed by atoms with E-state index in [1.54, 1.807) is 18.2 Å². The Kier molecular flexibility index (Phi) is 4.58. The lowest BCUT2D eigenvalue weighted by atomic mass is 9.77. The van der Waals surface area contributed by atoms with Crippen LogP contribution in [0.3, 0.4) is 0 Å². The van der Waals surface area contributed by atoms with Crippen LogP contribution < -0.4 is 10.9 Å². The molecular weight excluding hydrogens is 379 g/mol. The Morgan fingerprint density at radius 1 is 1.25 bits per heavy atom. The van der Waals surface area contributed by atoms with E-state index in [1.165, 1.54) is 36.6 Å². The number of amides is 1. The Bertz CT molecular complexity index is 1120. The molecular formula is C20H19FN4O2S. The summed E-state index contributed by atoms with van der Waals surface area (Å²) < 4.78 is 15.3. The molecule has 0 radical (unpaired) electrons. The summed E-state index contributed by atoms with van der Waals surface area (Å²) >= 11 is 1.48. The van der Waals surface area contributed by atoms with Gasteiger partial charge in [-0.15, -0.1) is 11.3 Å². The number of carbonyl (C=O) groups excluding carboxylic acids is 1. The first-order valence-electron chi connectivity index (χ1n) is 8.99. The van der Waals surface area contributed by atoms with Crippen molar-refractivity contribution in [3.05, 3.63) is 68.1 Å². The van der Waals surface area contributed by atoms with Gasteiger partial charge in [0.25, 0.3) is 11.5 Å². The van der Waals surface area contributed by atoms with Crippen molar-refractivity contribution in [3.63, 3.8) is 0 Å². The van der Waals surface area contributed by atoms with Gasteiger partial charge >= 0.3 is 0 Å². The van der Waals surface area contributed by atoms with E-state index in [9.17, 15) is 14.0 Å². The minimum absolute atomic E-state index is 0.177. The second kappa shape index (κ2) is 6.94. The van der Waals surface area contributed by atoms with Gasteiger partial charge in [-0.1, -0.05) is 12.1 Å². The van der Waals surface area contributed by atoms with E-state index in [-0.39, 0.29) is 23.0 Å². The zero-order valence-electron chi connectivity index (χ0n) is 15.5. The van der Waals surface area contributed by atoms with Crippen molar-refractivity contribution in [2.75, 3.05) is 0 Å². The Morgan fingerprint density at radius 2 is 2.00 bits per heavy atom. The highest BCUT2D eigenvalue weighted by molar-refractivity contribution is 7.12. The summed E-state index contributed by atoms with van der Waals surface area (Å²) in [6.45, 7) is 1.91. The molecule has 4 rings (SSSR count). The van der Waals surface area contributed by atoms with Gasteiger partial charge in [0.05, 0.1) is 11.2 Å². The zero-order chi connectivity index (χ0) is 19.9. The third-order valence-electron chi connectivity index (χ3n) is 5.09. The fourth-order valence-corrected chi connectivity index (χ4v) is 4.46. The Morgan fingerprint density at radius 3 is 2.64 bits per heavy atom. The third kappa shape index (κ3) is 3.13. The molecule has 1 amide bonds. The van der Waals surface area contributed by atoms with Gasteiger partial charge in [0.2, 0.25) is 0 Å². The first-order valence-corrected chi connectivity index (χ1v) is 9.81. The van der Waals surface area contributed by atoms with Crippen molar-refractivity contribution in [1.29, 1.82) is 0 Å². The fourth-order valence-electron chi connectivity index (χ4n) is 3.33. The predicted molar refractivity (Wildman–Crippen MR) is 105 cm³/mol. The van der Waals surface area contributed by atoms with Crippen LogP contribution in [0, 0.1) is 12.7 Å². The summed E-state index contributed by atoms with van der Waals surface area (Å²) in [5.74, 6) is -0.667. The second-order valence-electron chi connectivity index (χ2n) is 6.97. The van der Waals surface area contributed by atoms with Crippen LogP contribution in [0.25, 0.3) is 11.3 Å². The number of rotatable bonds is 4. The Balaban J connectivity index is 1.66. The molecule has 1 saturated carbocycles. The predicted octanol–water partition coefficient (Wildman–Crippen LogP) is 3.16. The first-order chi connectivity index (χ1) is 13.4. The highest BCUT2D eigenvalue weighted by atomic mass is 32.1. The van der Waals surface area contributed by atoms with E-state index in [0.29, 0.717) is 11.3 Å². The molecule has 2 heterocycles. The minimum Gasteiger partial charge on any atom is -0.339 e. The van der Waals surface area contributed by atoms with Gasteiger partial charge in [0.15, 0.2) is 0 Å². The summed E-state index contributed by atoms with van der Waals surface area (Å²) in [4.78, 5) is 29.8. The van der Waals surface area contributed by atoms with Crippen LogP contribution in [0.1, 0.15) is 39.6 Å². The Labute approximate surface area is 165 Å². The summed E-state index contributed by atoms with van der Waals surface area (Å²) in [5.41, 5.74) is 0.393. The summed E-state index contributed by atoms with van der Waals surface area (Å²) in [5, 5.41) is 7.84. The molecule has 8 heteroatoms. The minimum atomic E-state index is -0.577. The van der Waals surface area contributed by atoms with Gasteiger partial charge in [-0.05, 0) is 44.4 Å². The number of halogens is 1. The van der Waals surface area contributed by atoms with Gasteiger partial charge in [-0.3, -0.25) is 9.59 Å². The van der Waals surface area contributed by atoms with Crippen molar-refractivity contribution >= 4 is 17.2 Å². The number of aryl methyl sites for hydroxylation is 2. The maximum absolute atomic E-state index is 14.2. The van der Waals surface area contributed by atoms with Gasteiger partial charge < -0.3 is 5.32 Å². The van der Waals surface area contributed by atoms with E-state index in [4.69, 9.17) is 4.98 Å². The quantitative estimate of drug-likeness (QED) is 0.732. The number of thiazole rings is 1. The van der Waals surface area contributed by atoms with Gasteiger partial charge in [0, 0.05) is 23.6 Å². The van der Waals surface area contributed by atoms with E-state index in [2.05, 4.69) is 10.4 Å². The van der Waals surface area contributed by atoms with E-state index in [1.807, 2.05) is 6.92 Å². The summed E-state index contributed by atoms with van der Waals surface area (Å²) in [7, 11) is 1.50. The molecule has 1 aliphatic carbocycles. The first kappa shape index (κ1) is 18.5. The molecule has 0 spiro atoms. The van der Waals surface area contributed by atoms with E-state index < -0.39 is 5.54 Å². The maximum Gasteiger partial charge on any atom is 0.272 e. The normalized spacial score (nSPS) is 15.1. The summed E-state index contributed by atoms with van der Waals surface area (Å²) in [6.07, 6.45) is 2.48. The molecule has 0 saturated heterocycles. The monoisotopic (exact) mass is 398 g/mol. The number of hydrogen-bond donors (Lipinski definition) is 1. The molecule has 1 fully saturated rings. The molecule has 3 aromatic rings. The van der Waals surface area contributed by atoms with E-state index >= 15 is 0 Å². The maximum atomic E-state index is 14.2. The molecule has 0 atom stereocenters. The third-order valence-corrected chi connectivity index (χ3v) is 6.26. The van der Waals surface area contributed by atoms with Crippen LogP contribution in [0.15, 0.2) is 41.2 Å². The molecule has 28 heavy (non-hydrogen) atoms.